The Balaban J connectivity index is 1.86. The number of amides is 2. The summed E-state index contributed by atoms with van der Waals surface area (Å²) >= 11 is 6.11. The number of carbonyl (C=O) groups excluding carboxylic acids is 2. The molecule has 0 aliphatic heterocycles. The Morgan fingerprint density at radius 1 is 1.07 bits per heavy atom. The second-order valence-electron chi connectivity index (χ2n) is 6.46. The largest absolute Gasteiger partial charge is 0.351 e. The molecule has 0 radical (unpaired) electrons. The van der Waals surface area contributed by atoms with Gasteiger partial charge in [0.05, 0.1) is 12.6 Å². The van der Waals surface area contributed by atoms with Crippen LogP contribution in [0.1, 0.15) is 25.0 Å². The molecule has 0 bridgehead atoms. The Morgan fingerprint density at radius 3 is 2.37 bits per heavy atom. The van der Waals surface area contributed by atoms with E-state index in [9.17, 15) is 9.59 Å². The molecule has 2 rings (SSSR count). The predicted molar refractivity (Wildman–Crippen MR) is 110 cm³/mol. The van der Waals surface area contributed by atoms with Crippen molar-refractivity contribution in [3.63, 3.8) is 0 Å². The monoisotopic (exact) mass is 387 g/mol. The van der Waals surface area contributed by atoms with Gasteiger partial charge in [-0.2, -0.15) is 0 Å². The third kappa shape index (κ3) is 6.08. The number of benzene rings is 2. The summed E-state index contributed by atoms with van der Waals surface area (Å²) in [6, 6.07) is 14.7. The third-order valence-corrected chi connectivity index (χ3v) is 4.89. The molecule has 1 unspecified atom stereocenters. The van der Waals surface area contributed by atoms with Crippen molar-refractivity contribution in [1.29, 1.82) is 0 Å². The number of hydrogen-bond donors (Lipinski definition) is 2. The number of hydrogen-bond acceptors (Lipinski definition) is 3. The molecule has 2 aromatic carbocycles. The molecule has 27 heavy (non-hydrogen) atoms. The fourth-order valence-electron chi connectivity index (χ4n) is 2.68. The molecule has 2 amide bonds. The topological polar surface area (TPSA) is 61.4 Å². The fraction of sp³-hybridized carbons (Fsp3) is 0.333. The molecule has 0 aliphatic carbocycles. The highest BCUT2D eigenvalue weighted by molar-refractivity contribution is 6.31. The van der Waals surface area contributed by atoms with Crippen molar-refractivity contribution in [2.45, 2.75) is 32.9 Å². The second-order valence-corrected chi connectivity index (χ2v) is 6.87. The molecule has 0 heterocycles. The van der Waals surface area contributed by atoms with E-state index in [0.717, 1.165) is 23.2 Å². The first kappa shape index (κ1) is 20.9. The summed E-state index contributed by atoms with van der Waals surface area (Å²) < 4.78 is 0. The maximum Gasteiger partial charge on any atom is 0.238 e. The van der Waals surface area contributed by atoms with Gasteiger partial charge in [-0.15, -0.1) is 0 Å². The smallest absolute Gasteiger partial charge is 0.238 e. The third-order valence-electron chi connectivity index (χ3n) is 4.52. The molecule has 5 nitrogen and oxygen atoms in total. The standard InChI is InChI=1S/C21H26ClN3O2/c1-4-16-9-6-8-12-19(16)24-20(26)14-25(3)15(2)21(27)23-13-17-10-5-7-11-18(17)22/h5-12,15H,4,13-14H2,1-3H3,(H,23,27)(H,24,26). The van der Waals surface area contributed by atoms with Crippen molar-refractivity contribution in [2.24, 2.45) is 0 Å². The van der Waals surface area contributed by atoms with Gasteiger partial charge in [0.15, 0.2) is 0 Å². The van der Waals surface area contributed by atoms with Gasteiger partial charge in [-0.25, -0.2) is 0 Å². The van der Waals surface area contributed by atoms with Gasteiger partial charge >= 0.3 is 0 Å². The van der Waals surface area contributed by atoms with E-state index in [4.69, 9.17) is 11.6 Å². The number of nitrogens with zero attached hydrogens (tertiary/aromatic N) is 1. The SMILES string of the molecule is CCc1ccccc1NC(=O)CN(C)C(C)C(=O)NCc1ccccc1Cl. The molecule has 144 valence electrons. The molecule has 0 aliphatic rings. The highest BCUT2D eigenvalue weighted by atomic mass is 35.5. The van der Waals surface area contributed by atoms with Gasteiger partial charge in [-0.05, 0) is 43.7 Å². The molecule has 2 N–H and O–H groups in total. The number of likely N-dealkylation sites (N-methyl/N-ethyl adjacent to an activating group) is 1. The first-order chi connectivity index (χ1) is 12.9. The molecule has 0 saturated heterocycles. The minimum atomic E-state index is -0.445. The first-order valence-corrected chi connectivity index (χ1v) is 9.39. The number of para-hydroxylation sites is 1. The maximum atomic E-state index is 12.4. The zero-order chi connectivity index (χ0) is 19.8. The number of halogens is 1. The number of rotatable bonds is 8. The van der Waals surface area contributed by atoms with Crippen molar-refractivity contribution < 1.29 is 9.59 Å². The van der Waals surface area contributed by atoms with Crippen LogP contribution in [0.3, 0.4) is 0 Å². The van der Waals surface area contributed by atoms with Gasteiger partial charge < -0.3 is 10.6 Å². The Morgan fingerprint density at radius 2 is 1.70 bits per heavy atom. The summed E-state index contributed by atoms with van der Waals surface area (Å²) in [6.45, 7) is 4.29. The maximum absolute atomic E-state index is 12.4. The molecule has 0 aromatic heterocycles. The van der Waals surface area contributed by atoms with Crippen LogP contribution in [0.15, 0.2) is 48.5 Å². The van der Waals surface area contributed by atoms with Crippen molar-refractivity contribution in [3.8, 4) is 0 Å². The molecule has 2 aromatic rings. The van der Waals surface area contributed by atoms with Crippen molar-refractivity contribution >= 4 is 29.1 Å². The van der Waals surface area contributed by atoms with Crippen LogP contribution in [0.25, 0.3) is 0 Å². The van der Waals surface area contributed by atoms with Crippen LogP contribution < -0.4 is 10.6 Å². The molecule has 0 spiro atoms. The van der Waals surface area contributed by atoms with Gasteiger partial charge in [0.2, 0.25) is 11.8 Å². The van der Waals surface area contributed by atoms with Crippen molar-refractivity contribution in [2.75, 3.05) is 18.9 Å². The summed E-state index contributed by atoms with van der Waals surface area (Å²) in [5.41, 5.74) is 2.75. The Bertz CT molecular complexity index is 795. The van der Waals surface area contributed by atoms with Crippen molar-refractivity contribution in [1.82, 2.24) is 10.2 Å². The molecule has 0 saturated carbocycles. The lowest BCUT2D eigenvalue weighted by Crippen LogP contribution is -2.45. The van der Waals surface area contributed by atoms with Gasteiger partial charge in [0.25, 0.3) is 0 Å². The van der Waals surface area contributed by atoms with Crippen LogP contribution in [0, 0.1) is 0 Å². The van der Waals surface area contributed by atoms with Crippen LogP contribution >= 0.6 is 11.6 Å². The Labute approximate surface area is 165 Å². The van der Waals surface area contributed by atoms with Gasteiger partial charge in [-0.1, -0.05) is 54.9 Å². The zero-order valence-corrected chi connectivity index (χ0v) is 16.7. The minimum absolute atomic E-state index is 0.124. The lowest BCUT2D eigenvalue weighted by molar-refractivity contribution is -0.126. The lowest BCUT2D eigenvalue weighted by atomic mass is 10.1. The molecule has 6 heteroatoms. The van der Waals surface area contributed by atoms with E-state index in [1.807, 2.05) is 49.4 Å². The Kier molecular flexibility index (Phi) is 7.82. The van der Waals surface area contributed by atoms with E-state index < -0.39 is 6.04 Å². The second kappa shape index (κ2) is 10.1. The molecule has 1 atom stereocenters. The molecular formula is C21H26ClN3O2. The lowest BCUT2D eigenvalue weighted by Gasteiger charge is -2.23. The summed E-state index contributed by atoms with van der Waals surface area (Å²) in [4.78, 5) is 26.4. The average molecular weight is 388 g/mol. The number of aryl methyl sites for hydroxylation is 1. The number of anilines is 1. The molecule has 0 fully saturated rings. The predicted octanol–water partition coefficient (Wildman–Crippen LogP) is 3.48. The van der Waals surface area contributed by atoms with Gasteiger partial charge in [0, 0.05) is 17.3 Å². The van der Waals surface area contributed by atoms with Crippen LogP contribution in [0.5, 0.6) is 0 Å². The van der Waals surface area contributed by atoms with E-state index in [1.54, 1.807) is 24.9 Å². The highest BCUT2D eigenvalue weighted by Crippen LogP contribution is 2.16. The summed E-state index contributed by atoms with van der Waals surface area (Å²) in [7, 11) is 1.76. The number of carbonyl (C=O) groups is 2. The van der Waals surface area contributed by atoms with Crippen LogP contribution in [0.2, 0.25) is 5.02 Å². The summed E-state index contributed by atoms with van der Waals surface area (Å²) in [5.74, 6) is -0.302. The first-order valence-electron chi connectivity index (χ1n) is 9.01. The van der Waals surface area contributed by atoms with Crippen molar-refractivity contribution in [3.05, 3.63) is 64.7 Å². The average Bonchev–Trinajstić information content (AvgIpc) is 2.66. The normalized spacial score (nSPS) is 11.9. The van der Waals surface area contributed by atoms with E-state index in [2.05, 4.69) is 10.6 Å². The quantitative estimate of drug-likeness (QED) is 0.729. The van der Waals surface area contributed by atoms with E-state index >= 15 is 0 Å². The zero-order valence-electron chi connectivity index (χ0n) is 16.0. The van der Waals surface area contributed by atoms with E-state index in [0.29, 0.717) is 11.6 Å². The number of nitrogens with one attached hydrogen (secondary N) is 2. The highest BCUT2D eigenvalue weighted by Gasteiger charge is 2.20. The van der Waals surface area contributed by atoms with Crippen LogP contribution in [-0.4, -0.2) is 36.3 Å². The molecular weight excluding hydrogens is 362 g/mol. The van der Waals surface area contributed by atoms with Crippen LogP contribution in [-0.2, 0) is 22.6 Å². The van der Waals surface area contributed by atoms with Gasteiger partial charge in [0.1, 0.15) is 0 Å². The van der Waals surface area contributed by atoms with E-state index in [-0.39, 0.29) is 18.4 Å². The Hall–Kier alpha value is -2.37. The van der Waals surface area contributed by atoms with Gasteiger partial charge in [-0.3, -0.25) is 14.5 Å². The van der Waals surface area contributed by atoms with Crippen LogP contribution in [0.4, 0.5) is 5.69 Å². The van der Waals surface area contributed by atoms with E-state index in [1.165, 1.54) is 0 Å². The summed E-state index contributed by atoms with van der Waals surface area (Å²) in [5, 5.41) is 6.40. The fourth-order valence-corrected chi connectivity index (χ4v) is 2.88. The minimum Gasteiger partial charge on any atom is -0.351 e. The summed E-state index contributed by atoms with van der Waals surface area (Å²) in [6.07, 6.45) is 0.840.